The molecule has 0 radical (unpaired) electrons. The monoisotopic (exact) mass is 576 g/mol. The van der Waals surface area contributed by atoms with Crippen LogP contribution >= 0.6 is 22.6 Å². The van der Waals surface area contributed by atoms with Gasteiger partial charge in [0.05, 0.1) is 26.3 Å². The summed E-state index contributed by atoms with van der Waals surface area (Å²) in [6, 6.07) is 11.4. The van der Waals surface area contributed by atoms with Crippen molar-refractivity contribution in [2.24, 2.45) is 0 Å². The molecule has 2 aromatic carbocycles. The normalized spacial score (nSPS) is 19.1. The minimum atomic E-state index is -0.824. The number of anilines is 1. The Labute approximate surface area is 213 Å². The number of rotatable bonds is 6. The molecule has 1 unspecified atom stereocenters. The van der Waals surface area contributed by atoms with Crippen molar-refractivity contribution in [3.05, 3.63) is 51.6 Å². The number of methoxy groups -OCH3 is 2. The zero-order valence-corrected chi connectivity index (χ0v) is 21.6. The van der Waals surface area contributed by atoms with Crippen LogP contribution in [0.3, 0.4) is 0 Å². The van der Waals surface area contributed by atoms with Crippen LogP contribution in [0.2, 0.25) is 0 Å². The summed E-state index contributed by atoms with van der Waals surface area (Å²) in [6.07, 6.45) is 5.84. The highest BCUT2D eigenvalue weighted by molar-refractivity contribution is 14.1. The van der Waals surface area contributed by atoms with Gasteiger partial charge in [-0.15, -0.1) is 0 Å². The van der Waals surface area contributed by atoms with Crippen LogP contribution in [-0.4, -0.2) is 48.9 Å². The molecule has 8 heteroatoms. The Morgan fingerprint density at radius 2 is 1.59 bits per heavy atom. The molecule has 2 fully saturated rings. The van der Waals surface area contributed by atoms with Gasteiger partial charge in [-0.1, -0.05) is 25.7 Å². The summed E-state index contributed by atoms with van der Waals surface area (Å²) < 4.78 is 11.7. The highest BCUT2D eigenvalue weighted by Gasteiger charge is 2.46. The van der Waals surface area contributed by atoms with E-state index in [-0.39, 0.29) is 30.2 Å². The summed E-state index contributed by atoms with van der Waals surface area (Å²) in [4.78, 5) is 43.4. The Kier molecular flexibility index (Phi) is 7.75. The predicted octanol–water partition coefficient (Wildman–Crippen LogP) is 4.81. The zero-order chi connectivity index (χ0) is 24.2. The van der Waals surface area contributed by atoms with Crippen LogP contribution in [0.15, 0.2) is 42.5 Å². The zero-order valence-electron chi connectivity index (χ0n) is 19.5. The number of hydrogen-bond donors (Lipinski definition) is 0. The van der Waals surface area contributed by atoms with Crippen molar-refractivity contribution in [2.45, 2.75) is 57.0 Å². The van der Waals surface area contributed by atoms with Gasteiger partial charge < -0.3 is 14.4 Å². The lowest BCUT2D eigenvalue weighted by Crippen LogP contribution is -2.50. The molecule has 1 atom stereocenters. The molecule has 0 bridgehead atoms. The Bertz CT molecular complexity index is 1060. The molecule has 0 aromatic heterocycles. The fourth-order valence-corrected chi connectivity index (χ4v) is 5.27. The van der Waals surface area contributed by atoms with Crippen LogP contribution < -0.4 is 14.4 Å². The molecule has 4 rings (SSSR count). The molecule has 0 spiro atoms. The number of hydrogen-bond acceptors (Lipinski definition) is 5. The number of amides is 3. The number of benzene rings is 2. The van der Waals surface area contributed by atoms with Gasteiger partial charge in [0.15, 0.2) is 11.5 Å². The number of imide groups is 1. The van der Waals surface area contributed by atoms with Gasteiger partial charge in [-0.05, 0) is 77.9 Å². The third-order valence-corrected chi connectivity index (χ3v) is 7.35. The maximum absolute atomic E-state index is 13.9. The van der Waals surface area contributed by atoms with Gasteiger partial charge >= 0.3 is 0 Å². The van der Waals surface area contributed by atoms with Crippen LogP contribution in [0.4, 0.5) is 5.69 Å². The second-order valence-electron chi connectivity index (χ2n) is 8.69. The lowest BCUT2D eigenvalue weighted by atomic mass is 10.0. The van der Waals surface area contributed by atoms with Crippen LogP contribution in [0.5, 0.6) is 11.5 Å². The second kappa shape index (κ2) is 10.8. The average Bonchev–Trinajstić information content (AvgIpc) is 3.01. The molecule has 1 aliphatic heterocycles. The Morgan fingerprint density at radius 3 is 2.21 bits per heavy atom. The largest absolute Gasteiger partial charge is 0.493 e. The fraction of sp³-hybridized carbons (Fsp3) is 0.423. The molecule has 180 valence electrons. The molecule has 2 aliphatic rings. The van der Waals surface area contributed by atoms with Gasteiger partial charge in [-0.3, -0.25) is 14.4 Å². The quantitative estimate of drug-likeness (QED) is 0.281. The van der Waals surface area contributed by atoms with E-state index in [4.69, 9.17) is 9.47 Å². The smallest absolute Gasteiger partial charge is 0.257 e. The molecule has 1 saturated heterocycles. The van der Waals surface area contributed by atoms with E-state index in [1.54, 1.807) is 42.3 Å². The molecule has 2 aromatic rings. The fourth-order valence-electron chi connectivity index (χ4n) is 4.91. The molecule has 1 heterocycles. The first-order chi connectivity index (χ1) is 16.4. The summed E-state index contributed by atoms with van der Waals surface area (Å²) in [5.74, 6) is 0.0864. The van der Waals surface area contributed by atoms with Crippen LogP contribution in [0.25, 0.3) is 0 Å². The van der Waals surface area contributed by atoms with Gasteiger partial charge in [-0.2, -0.15) is 0 Å². The number of carbonyl (C=O) groups is 3. The van der Waals surface area contributed by atoms with Crippen molar-refractivity contribution >= 4 is 46.0 Å². The molecule has 34 heavy (non-hydrogen) atoms. The first kappa shape index (κ1) is 24.5. The molecule has 1 aliphatic carbocycles. The van der Waals surface area contributed by atoms with E-state index < -0.39 is 6.04 Å². The maximum atomic E-state index is 13.9. The third kappa shape index (κ3) is 4.92. The number of carbonyl (C=O) groups excluding carboxylic acids is 3. The van der Waals surface area contributed by atoms with Gasteiger partial charge in [0.2, 0.25) is 5.91 Å². The minimum Gasteiger partial charge on any atom is -0.493 e. The molecular formula is C26H29IN2O5. The van der Waals surface area contributed by atoms with Crippen molar-refractivity contribution < 1.29 is 23.9 Å². The summed E-state index contributed by atoms with van der Waals surface area (Å²) in [5, 5.41) is 0. The maximum Gasteiger partial charge on any atom is 0.257 e. The van der Waals surface area contributed by atoms with E-state index in [2.05, 4.69) is 22.6 Å². The molecular weight excluding hydrogens is 547 g/mol. The Hall–Kier alpha value is -2.62. The highest BCUT2D eigenvalue weighted by Crippen LogP contribution is 2.34. The lowest BCUT2D eigenvalue weighted by Gasteiger charge is -2.35. The number of ether oxygens (including phenoxy) is 2. The summed E-state index contributed by atoms with van der Waals surface area (Å²) in [7, 11) is 3.06. The van der Waals surface area contributed by atoms with E-state index in [0.29, 0.717) is 22.7 Å². The Balaban J connectivity index is 1.70. The van der Waals surface area contributed by atoms with Crippen molar-refractivity contribution in [3.8, 4) is 11.5 Å². The van der Waals surface area contributed by atoms with E-state index in [0.717, 1.165) is 42.1 Å². The predicted molar refractivity (Wildman–Crippen MR) is 137 cm³/mol. The average molecular weight is 576 g/mol. The van der Waals surface area contributed by atoms with E-state index in [1.807, 2.05) is 12.1 Å². The SMILES string of the molecule is COc1ccc(C(=O)N(C2CCCCCC2)C2CC(=O)N(c3ccc(I)cc3)C2=O)cc1OC. The van der Waals surface area contributed by atoms with Crippen LogP contribution in [-0.2, 0) is 9.59 Å². The number of halogens is 1. The van der Waals surface area contributed by atoms with Gasteiger partial charge in [-0.25, -0.2) is 4.90 Å². The van der Waals surface area contributed by atoms with Crippen molar-refractivity contribution in [1.82, 2.24) is 4.90 Å². The Morgan fingerprint density at radius 1 is 0.941 bits per heavy atom. The van der Waals surface area contributed by atoms with Crippen molar-refractivity contribution in [2.75, 3.05) is 19.1 Å². The van der Waals surface area contributed by atoms with Crippen molar-refractivity contribution in [3.63, 3.8) is 0 Å². The van der Waals surface area contributed by atoms with E-state index in [1.165, 1.54) is 12.0 Å². The molecule has 7 nitrogen and oxygen atoms in total. The van der Waals surface area contributed by atoms with Crippen LogP contribution in [0.1, 0.15) is 55.3 Å². The molecule has 0 N–H and O–H groups in total. The van der Waals surface area contributed by atoms with Crippen molar-refractivity contribution in [1.29, 1.82) is 0 Å². The first-order valence-electron chi connectivity index (χ1n) is 11.6. The summed E-state index contributed by atoms with van der Waals surface area (Å²) in [5.41, 5.74) is 0.951. The molecule has 1 saturated carbocycles. The lowest BCUT2D eigenvalue weighted by molar-refractivity contribution is -0.123. The minimum absolute atomic E-state index is 0.0135. The third-order valence-electron chi connectivity index (χ3n) is 6.63. The second-order valence-corrected chi connectivity index (χ2v) is 9.94. The molecule has 3 amide bonds. The van der Waals surface area contributed by atoms with E-state index >= 15 is 0 Å². The number of nitrogens with zero attached hydrogens (tertiary/aromatic N) is 2. The summed E-state index contributed by atoms with van der Waals surface area (Å²) in [6.45, 7) is 0. The van der Waals surface area contributed by atoms with E-state index in [9.17, 15) is 14.4 Å². The highest BCUT2D eigenvalue weighted by atomic mass is 127. The topological polar surface area (TPSA) is 76.2 Å². The van der Waals surface area contributed by atoms with Gasteiger partial charge in [0.25, 0.3) is 11.8 Å². The van der Waals surface area contributed by atoms with Gasteiger partial charge in [0, 0.05) is 15.2 Å². The standard InChI is InChI=1S/C26H29IN2O5/c1-33-22-14-9-17(15-23(22)34-2)25(31)28(19-7-5-3-4-6-8-19)21-16-24(30)29(26(21)32)20-12-10-18(27)11-13-20/h9-15,19,21H,3-8,16H2,1-2H3. The van der Waals surface area contributed by atoms with Crippen LogP contribution in [0, 0.1) is 3.57 Å². The first-order valence-corrected chi connectivity index (χ1v) is 12.7. The summed E-state index contributed by atoms with van der Waals surface area (Å²) >= 11 is 2.18. The van der Waals surface area contributed by atoms with Gasteiger partial charge in [0.1, 0.15) is 6.04 Å².